The van der Waals surface area contributed by atoms with Crippen LogP contribution in [0.4, 0.5) is 11.4 Å². The van der Waals surface area contributed by atoms with Gasteiger partial charge in [0.05, 0.1) is 37.5 Å². The first kappa shape index (κ1) is 22.2. The van der Waals surface area contributed by atoms with Gasteiger partial charge < -0.3 is 19.1 Å². The molecule has 8 nitrogen and oxygen atoms in total. The first-order chi connectivity index (χ1) is 14.7. The van der Waals surface area contributed by atoms with E-state index in [-0.39, 0.29) is 27.6 Å². The van der Waals surface area contributed by atoms with Gasteiger partial charge >= 0.3 is 5.97 Å². The maximum absolute atomic E-state index is 13.4. The van der Waals surface area contributed by atoms with Gasteiger partial charge in [0, 0.05) is 42.7 Å². The van der Waals surface area contributed by atoms with Crippen LogP contribution in [-0.4, -0.2) is 49.8 Å². The van der Waals surface area contributed by atoms with E-state index in [0.717, 1.165) is 11.1 Å². The molecule has 0 aliphatic rings. The summed E-state index contributed by atoms with van der Waals surface area (Å²) in [4.78, 5) is 14.3. The second kappa shape index (κ2) is 8.73. The Bertz CT molecular complexity index is 1240. The Morgan fingerprint density at radius 1 is 0.903 bits per heavy atom. The van der Waals surface area contributed by atoms with Gasteiger partial charge in [0.2, 0.25) is 0 Å². The summed E-state index contributed by atoms with van der Waals surface area (Å²) in [7, 11) is 3.76. The topological polar surface area (TPSA) is 94.2 Å². The highest BCUT2D eigenvalue weighted by atomic mass is 32.2. The standard InChI is InChI=1S/C22H24N2O6S/c1-24(2)18-10-6-9-15-14(18)8-7-11-21(15)31(26,27)23-17-13-20(29-4)19(28-3)12-16(17)22(25)30-5/h6-13,23H,1-5H3. The maximum Gasteiger partial charge on any atom is 0.340 e. The number of carbonyl (C=O) groups is 1. The Labute approximate surface area is 181 Å². The normalized spacial score (nSPS) is 11.1. The Morgan fingerprint density at radius 3 is 2.13 bits per heavy atom. The van der Waals surface area contributed by atoms with Gasteiger partial charge in [-0.05, 0) is 12.1 Å². The number of hydrogen-bond donors (Lipinski definition) is 1. The van der Waals surface area contributed by atoms with Crippen molar-refractivity contribution in [3.8, 4) is 11.5 Å². The highest BCUT2D eigenvalue weighted by Crippen LogP contribution is 2.36. The zero-order valence-corrected chi connectivity index (χ0v) is 18.7. The molecule has 0 bridgehead atoms. The Balaban J connectivity index is 2.17. The van der Waals surface area contributed by atoms with Gasteiger partial charge in [-0.15, -0.1) is 0 Å². The maximum atomic E-state index is 13.4. The molecule has 0 fully saturated rings. The number of benzene rings is 3. The molecule has 3 aromatic rings. The zero-order chi connectivity index (χ0) is 22.8. The molecule has 0 amide bonds. The molecule has 3 rings (SSSR count). The SMILES string of the molecule is COC(=O)c1cc(OC)c(OC)cc1NS(=O)(=O)c1cccc2c(N(C)C)cccc12. The lowest BCUT2D eigenvalue weighted by Crippen LogP contribution is -2.17. The summed E-state index contributed by atoms with van der Waals surface area (Å²) in [6, 6.07) is 13.3. The van der Waals surface area contributed by atoms with E-state index < -0.39 is 16.0 Å². The quantitative estimate of drug-likeness (QED) is 0.557. The van der Waals surface area contributed by atoms with E-state index in [9.17, 15) is 13.2 Å². The van der Waals surface area contributed by atoms with Crippen molar-refractivity contribution >= 4 is 38.1 Å². The largest absolute Gasteiger partial charge is 0.493 e. The van der Waals surface area contributed by atoms with Gasteiger partial charge in [-0.3, -0.25) is 4.72 Å². The van der Waals surface area contributed by atoms with Gasteiger partial charge in [0.15, 0.2) is 11.5 Å². The number of nitrogens with zero attached hydrogens (tertiary/aromatic N) is 1. The summed E-state index contributed by atoms with van der Waals surface area (Å²) < 4.78 is 44.5. The van der Waals surface area contributed by atoms with Crippen LogP contribution in [0.15, 0.2) is 53.4 Å². The molecule has 9 heteroatoms. The second-order valence-electron chi connectivity index (χ2n) is 6.87. The molecule has 0 aromatic heterocycles. The van der Waals surface area contributed by atoms with Crippen molar-refractivity contribution in [1.29, 1.82) is 0 Å². The first-order valence-corrected chi connectivity index (χ1v) is 10.8. The van der Waals surface area contributed by atoms with Crippen LogP contribution in [0.2, 0.25) is 0 Å². The summed E-state index contributed by atoms with van der Waals surface area (Å²) in [5.41, 5.74) is 0.902. The van der Waals surface area contributed by atoms with E-state index in [0.29, 0.717) is 5.39 Å². The number of rotatable bonds is 7. The highest BCUT2D eigenvalue weighted by molar-refractivity contribution is 7.93. The summed E-state index contributed by atoms with van der Waals surface area (Å²) in [5.74, 6) is -0.182. The Hall–Kier alpha value is -3.46. The lowest BCUT2D eigenvalue weighted by molar-refractivity contribution is 0.0601. The molecular formula is C22H24N2O6S. The summed E-state index contributed by atoms with van der Waals surface area (Å²) in [6.07, 6.45) is 0. The molecule has 0 unspecified atom stereocenters. The van der Waals surface area contributed by atoms with Crippen LogP contribution in [-0.2, 0) is 14.8 Å². The number of esters is 1. The number of carbonyl (C=O) groups excluding carboxylic acids is 1. The van der Waals surface area contributed by atoms with Crippen LogP contribution in [0.5, 0.6) is 11.5 Å². The zero-order valence-electron chi connectivity index (χ0n) is 17.9. The molecule has 0 radical (unpaired) electrons. The van der Waals surface area contributed by atoms with Crippen LogP contribution in [0.3, 0.4) is 0 Å². The van der Waals surface area contributed by atoms with E-state index in [1.165, 1.54) is 39.5 Å². The van der Waals surface area contributed by atoms with Crippen LogP contribution >= 0.6 is 0 Å². The number of methoxy groups -OCH3 is 3. The van der Waals surface area contributed by atoms with Crippen LogP contribution < -0.4 is 19.1 Å². The average Bonchev–Trinajstić information content (AvgIpc) is 2.76. The van der Waals surface area contributed by atoms with Crippen LogP contribution in [0.25, 0.3) is 10.8 Å². The molecule has 0 heterocycles. The number of fused-ring (bicyclic) bond motifs is 1. The Kier molecular flexibility index (Phi) is 6.26. The molecular weight excluding hydrogens is 420 g/mol. The number of nitrogens with one attached hydrogen (secondary N) is 1. The monoisotopic (exact) mass is 444 g/mol. The molecule has 0 atom stereocenters. The minimum Gasteiger partial charge on any atom is -0.493 e. The van der Waals surface area contributed by atoms with Crippen LogP contribution in [0.1, 0.15) is 10.4 Å². The van der Waals surface area contributed by atoms with Crippen LogP contribution in [0, 0.1) is 0 Å². The van der Waals surface area contributed by atoms with E-state index in [4.69, 9.17) is 14.2 Å². The highest BCUT2D eigenvalue weighted by Gasteiger charge is 2.24. The van der Waals surface area contributed by atoms with Crippen molar-refractivity contribution in [3.05, 3.63) is 54.1 Å². The fraction of sp³-hybridized carbons (Fsp3) is 0.227. The Morgan fingerprint density at radius 2 is 1.52 bits per heavy atom. The molecule has 31 heavy (non-hydrogen) atoms. The van der Waals surface area contributed by atoms with Crippen molar-refractivity contribution in [2.24, 2.45) is 0 Å². The minimum absolute atomic E-state index is 0.00191. The molecule has 0 aliphatic heterocycles. The summed E-state index contributed by atoms with van der Waals surface area (Å²) >= 11 is 0. The van der Waals surface area contributed by atoms with E-state index in [2.05, 4.69) is 4.72 Å². The lowest BCUT2D eigenvalue weighted by Gasteiger charge is -2.18. The number of hydrogen-bond acceptors (Lipinski definition) is 7. The fourth-order valence-corrected chi connectivity index (χ4v) is 4.62. The van der Waals surface area contributed by atoms with Gasteiger partial charge in [-0.1, -0.05) is 24.3 Å². The molecule has 0 spiro atoms. The number of anilines is 2. The van der Waals surface area contributed by atoms with Crippen molar-refractivity contribution in [2.45, 2.75) is 4.90 Å². The minimum atomic E-state index is -4.06. The summed E-state index contributed by atoms with van der Waals surface area (Å²) in [5, 5.41) is 1.34. The number of sulfonamides is 1. The van der Waals surface area contributed by atoms with E-state index >= 15 is 0 Å². The van der Waals surface area contributed by atoms with E-state index in [1.807, 2.05) is 31.1 Å². The van der Waals surface area contributed by atoms with Crippen molar-refractivity contribution < 1.29 is 27.4 Å². The third-order valence-corrected chi connectivity index (χ3v) is 6.23. The summed E-state index contributed by atoms with van der Waals surface area (Å²) in [6.45, 7) is 0. The molecule has 0 aliphatic carbocycles. The molecule has 0 saturated heterocycles. The number of ether oxygens (including phenoxy) is 3. The van der Waals surface area contributed by atoms with E-state index in [1.54, 1.807) is 18.2 Å². The van der Waals surface area contributed by atoms with Gasteiger partial charge in [-0.25, -0.2) is 13.2 Å². The smallest absolute Gasteiger partial charge is 0.340 e. The molecule has 1 N–H and O–H groups in total. The second-order valence-corrected chi connectivity index (χ2v) is 8.52. The first-order valence-electron chi connectivity index (χ1n) is 9.29. The van der Waals surface area contributed by atoms with Crippen molar-refractivity contribution in [1.82, 2.24) is 0 Å². The average molecular weight is 445 g/mol. The van der Waals surface area contributed by atoms with Gasteiger partial charge in [0.1, 0.15) is 0 Å². The lowest BCUT2D eigenvalue weighted by atomic mass is 10.1. The van der Waals surface area contributed by atoms with Crippen molar-refractivity contribution in [3.63, 3.8) is 0 Å². The third kappa shape index (κ3) is 4.22. The fourth-order valence-electron chi connectivity index (χ4n) is 3.33. The predicted molar refractivity (Wildman–Crippen MR) is 120 cm³/mol. The molecule has 3 aromatic carbocycles. The third-order valence-electron chi connectivity index (χ3n) is 4.80. The van der Waals surface area contributed by atoms with Gasteiger partial charge in [-0.2, -0.15) is 0 Å². The van der Waals surface area contributed by atoms with Gasteiger partial charge in [0.25, 0.3) is 10.0 Å². The molecule has 0 saturated carbocycles. The predicted octanol–water partition coefficient (Wildman–Crippen LogP) is 3.51. The van der Waals surface area contributed by atoms with Crippen molar-refractivity contribution in [2.75, 3.05) is 45.0 Å². The molecule has 164 valence electrons.